The number of carbonyl (C=O) groups excluding carboxylic acids is 2. The van der Waals surface area contributed by atoms with E-state index in [4.69, 9.17) is 0 Å². The lowest BCUT2D eigenvalue weighted by Crippen LogP contribution is -2.34. The molecule has 0 aliphatic heterocycles. The fraction of sp³-hybridized carbons (Fsp3) is 0.529. The maximum Gasteiger partial charge on any atom is 0.251 e. The molecule has 1 rings (SSSR count). The summed E-state index contributed by atoms with van der Waals surface area (Å²) in [7, 11) is 1.80. The van der Waals surface area contributed by atoms with Gasteiger partial charge in [0.2, 0.25) is 5.91 Å². The second-order valence-electron chi connectivity index (χ2n) is 5.27. The lowest BCUT2D eigenvalue weighted by molar-refractivity contribution is -0.116. The Bertz CT molecular complexity index is 511. The largest absolute Gasteiger partial charge is 0.351 e. The van der Waals surface area contributed by atoms with Gasteiger partial charge in [0, 0.05) is 37.3 Å². The molecule has 3 N–H and O–H groups in total. The van der Waals surface area contributed by atoms with Crippen molar-refractivity contribution in [1.29, 1.82) is 0 Å². The van der Waals surface area contributed by atoms with E-state index < -0.39 is 0 Å². The third-order valence-corrected chi connectivity index (χ3v) is 3.62. The first-order chi connectivity index (χ1) is 11.1. The number of amides is 2. The first-order valence-electron chi connectivity index (χ1n) is 8.15. The number of halogens is 2. The highest BCUT2D eigenvalue weighted by molar-refractivity contribution is 5.97. The summed E-state index contributed by atoms with van der Waals surface area (Å²) in [4.78, 5) is 26.1. The van der Waals surface area contributed by atoms with E-state index in [0.717, 1.165) is 19.6 Å². The zero-order chi connectivity index (χ0) is 17.1. The summed E-state index contributed by atoms with van der Waals surface area (Å²) in [5.41, 5.74) is 1.19. The van der Waals surface area contributed by atoms with Gasteiger partial charge >= 0.3 is 0 Å². The van der Waals surface area contributed by atoms with Gasteiger partial charge in [0.1, 0.15) is 0 Å². The molecule has 144 valence electrons. The number of nitrogens with zero attached hydrogens (tertiary/aromatic N) is 1. The molecule has 0 fully saturated rings. The molecule has 0 saturated heterocycles. The van der Waals surface area contributed by atoms with Gasteiger partial charge < -0.3 is 20.9 Å². The minimum atomic E-state index is -0.122. The van der Waals surface area contributed by atoms with Crippen LogP contribution in [0.25, 0.3) is 0 Å². The number of benzene rings is 1. The first-order valence-corrected chi connectivity index (χ1v) is 8.15. The van der Waals surface area contributed by atoms with Gasteiger partial charge in [0.25, 0.3) is 5.91 Å². The van der Waals surface area contributed by atoms with Crippen molar-refractivity contribution in [3.8, 4) is 0 Å². The standard InChI is InChI=1S/C17H28N4O2.2ClH/c1-4-21(5-2)12-11-19-17(23)14-7-6-8-15(13-14)20-16(22)9-10-18-3;;/h6-8,13,18H,4-5,9-12H2,1-3H3,(H,19,23)(H,20,22);2*1H. The number of rotatable bonds is 10. The van der Waals surface area contributed by atoms with Crippen LogP contribution in [0.15, 0.2) is 24.3 Å². The minimum Gasteiger partial charge on any atom is -0.351 e. The molecule has 0 radical (unpaired) electrons. The van der Waals surface area contributed by atoms with Gasteiger partial charge in [-0.25, -0.2) is 0 Å². The maximum atomic E-state index is 12.2. The topological polar surface area (TPSA) is 73.5 Å². The average Bonchev–Trinajstić information content (AvgIpc) is 2.57. The Kier molecular flexibility index (Phi) is 15.5. The van der Waals surface area contributed by atoms with E-state index in [1.165, 1.54) is 0 Å². The Morgan fingerprint density at radius 3 is 2.36 bits per heavy atom. The number of hydrogen-bond donors (Lipinski definition) is 3. The molecule has 0 spiro atoms. The van der Waals surface area contributed by atoms with Crippen LogP contribution in [-0.4, -0.2) is 56.5 Å². The van der Waals surface area contributed by atoms with Crippen molar-refractivity contribution < 1.29 is 9.59 Å². The van der Waals surface area contributed by atoms with Crippen molar-refractivity contribution in [1.82, 2.24) is 15.5 Å². The fourth-order valence-electron chi connectivity index (χ4n) is 2.17. The van der Waals surface area contributed by atoms with Crippen molar-refractivity contribution in [2.24, 2.45) is 0 Å². The van der Waals surface area contributed by atoms with E-state index in [1.807, 2.05) is 0 Å². The van der Waals surface area contributed by atoms with Gasteiger partial charge in [-0.2, -0.15) is 0 Å². The highest BCUT2D eigenvalue weighted by Gasteiger charge is 2.08. The Morgan fingerprint density at radius 1 is 1.08 bits per heavy atom. The van der Waals surface area contributed by atoms with Gasteiger partial charge in [-0.05, 0) is 38.3 Å². The van der Waals surface area contributed by atoms with E-state index in [9.17, 15) is 9.59 Å². The van der Waals surface area contributed by atoms with Crippen molar-refractivity contribution >= 4 is 42.3 Å². The molecule has 0 saturated carbocycles. The lowest BCUT2D eigenvalue weighted by atomic mass is 10.2. The van der Waals surface area contributed by atoms with Crippen LogP contribution >= 0.6 is 24.8 Å². The van der Waals surface area contributed by atoms with E-state index in [-0.39, 0.29) is 36.6 Å². The molecule has 0 unspecified atom stereocenters. The van der Waals surface area contributed by atoms with Crippen LogP contribution in [0.1, 0.15) is 30.6 Å². The van der Waals surface area contributed by atoms with E-state index in [0.29, 0.717) is 30.8 Å². The summed E-state index contributed by atoms with van der Waals surface area (Å²) in [5.74, 6) is -0.193. The number of hydrogen-bond acceptors (Lipinski definition) is 4. The summed E-state index contributed by atoms with van der Waals surface area (Å²) in [6.07, 6.45) is 0.400. The van der Waals surface area contributed by atoms with Gasteiger partial charge in [0.15, 0.2) is 0 Å². The number of nitrogens with one attached hydrogen (secondary N) is 3. The van der Waals surface area contributed by atoms with E-state index in [1.54, 1.807) is 31.3 Å². The molecule has 0 aromatic heterocycles. The third kappa shape index (κ3) is 10.3. The lowest BCUT2D eigenvalue weighted by Gasteiger charge is -2.18. The van der Waals surface area contributed by atoms with Crippen LogP contribution < -0.4 is 16.0 Å². The molecular formula is C17H30Cl2N4O2. The number of likely N-dealkylation sites (N-methyl/N-ethyl adjacent to an activating group) is 1. The molecule has 6 nitrogen and oxygen atoms in total. The Labute approximate surface area is 162 Å². The molecule has 0 bridgehead atoms. The molecule has 1 aromatic carbocycles. The highest BCUT2D eigenvalue weighted by atomic mass is 35.5. The van der Waals surface area contributed by atoms with Crippen LogP contribution in [0.4, 0.5) is 5.69 Å². The molecule has 25 heavy (non-hydrogen) atoms. The average molecular weight is 393 g/mol. The summed E-state index contributed by atoms with van der Waals surface area (Å²) in [5, 5.41) is 8.63. The zero-order valence-corrected chi connectivity index (χ0v) is 16.8. The number of carbonyl (C=O) groups is 2. The molecule has 0 aliphatic rings. The molecule has 0 atom stereocenters. The molecule has 8 heteroatoms. The quantitative estimate of drug-likeness (QED) is 0.570. The van der Waals surface area contributed by atoms with Crippen LogP contribution in [0.3, 0.4) is 0 Å². The van der Waals surface area contributed by atoms with Crippen molar-refractivity contribution in [3.05, 3.63) is 29.8 Å². The van der Waals surface area contributed by atoms with Crippen LogP contribution in [0, 0.1) is 0 Å². The molecular weight excluding hydrogens is 363 g/mol. The molecule has 1 aromatic rings. The van der Waals surface area contributed by atoms with Gasteiger partial charge in [-0.3, -0.25) is 9.59 Å². The maximum absolute atomic E-state index is 12.2. The van der Waals surface area contributed by atoms with Crippen molar-refractivity contribution in [2.45, 2.75) is 20.3 Å². The molecule has 0 heterocycles. The van der Waals surface area contributed by atoms with E-state index >= 15 is 0 Å². The highest BCUT2D eigenvalue weighted by Crippen LogP contribution is 2.11. The monoisotopic (exact) mass is 392 g/mol. The van der Waals surface area contributed by atoms with E-state index in [2.05, 4.69) is 34.7 Å². The van der Waals surface area contributed by atoms with Crippen molar-refractivity contribution in [3.63, 3.8) is 0 Å². The summed E-state index contributed by atoms with van der Waals surface area (Å²) in [6, 6.07) is 7.00. The van der Waals surface area contributed by atoms with Crippen molar-refractivity contribution in [2.75, 3.05) is 45.1 Å². The predicted molar refractivity (Wildman–Crippen MR) is 108 cm³/mol. The second-order valence-corrected chi connectivity index (χ2v) is 5.27. The summed E-state index contributed by atoms with van der Waals surface area (Å²) < 4.78 is 0. The van der Waals surface area contributed by atoms with Gasteiger partial charge in [-0.15, -0.1) is 24.8 Å². The predicted octanol–water partition coefficient (Wildman–Crippen LogP) is 2.15. The Morgan fingerprint density at radius 2 is 1.76 bits per heavy atom. The van der Waals surface area contributed by atoms with Crippen LogP contribution in [0.2, 0.25) is 0 Å². The Balaban J connectivity index is 0. The fourth-order valence-corrected chi connectivity index (χ4v) is 2.17. The second kappa shape index (κ2) is 15.0. The Hall–Kier alpha value is -1.34. The summed E-state index contributed by atoms with van der Waals surface area (Å²) >= 11 is 0. The smallest absolute Gasteiger partial charge is 0.251 e. The van der Waals surface area contributed by atoms with Crippen LogP contribution in [-0.2, 0) is 4.79 Å². The van der Waals surface area contributed by atoms with Crippen LogP contribution in [0.5, 0.6) is 0 Å². The SMILES string of the molecule is CCN(CC)CCNC(=O)c1cccc(NC(=O)CCNC)c1.Cl.Cl. The van der Waals surface area contributed by atoms with Gasteiger partial charge in [0.05, 0.1) is 0 Å². The molecule has 2 amide bonds. The normalized spacial score (nSPS) is 9.76. The zero-order valence-electron chi connectivity index (χ0n) is 15.1. The molecule has 0 aliphatic carbocycles. The van der Waals surface area contributed by atoms with Gasteiger partial charge in [-0.1, -0.05) is 19.9 Å². The third-order valence-electron chi connectivity index (χ3n) is 3.62. The minimum absolute atomic E-state index is 0. The first kappa shape index (κ1) is 25.9. The summed E-state index contributed by atoms with van der Waals surface area (Å²) in [6.45, 7) is 8.22. The number of anilines is 1.